The van der Waals surface area contributed by atoms with E-state index < -0.39 is 12.0 Å². The number of amides is 1. The maximum atomic E-state index is 12.0. The highest BCUT2D eigenvalue weighted by Gasteiger charge is 2.17. The number of carboxylic acid groups (broad SMARTS) is 1. The SMILES string of the molecule is CCCC(NCC(=O)Nc1c(I)cc(I)cc1I)C(=O)O. The minimum atomic E-state index is -0.928. The van der Waals surface area contributed by atoms with Crippen LogP contribution in [0.1, 0.15) is 19.8 Å². The molecule has 0 bridgehead atoms. The van der Waals surface area contributed by atoms with E-state index in [1.54, 1.807) is 0 Å². The molecule has 0 aliphatic heterocycles. The Morgan fingerprint density at radius 2 is 1.81 bits per heavy atom. The lowest BCUT2D eigenvalue weighted by Gasteiger charge is -2.14. The number of nitrogens with one attached hydrogen (secondary N) is 2. The average Bonchev–Trinajstić information content (AvgIpc) is 2.38. The lowest BCUT2D eigenvalue weighted by Crippen LogP contribution is -2.41. The molecule has 1 amide bonds. The van der Waals surface area contributed by atoms with Gasteiger partial charge in [0.2, 0.25) is 5.91 Å². The predicted molar refractivity (Wildman–Crippen MR) is 108 cm³/mol. The summed E-state index contributed by atoms with van der Waals surface area (Å²) in [5.41, 5.74) is 0.769. The van der Waals surface area contributed by atoms with Gasteiger partial charge < -0.3 is 10.4 Å². The topological polar surface area (TPSA) is 78.4 Å². The summed E-state index contributed by atoms with van der Waals surface area (Å²) in [7, 11) is 0. The van der Waals surface area contributed by atoms with Crippen LogP contribution >= 0.6 is 67.8 Å². The first-order valence-corrected chi connectivity index (χ1v) is 9.49. The second kappa shape index (κ2) is 9.45. The van der Waals surface area contributed by atoms with Crippen LogP contribution < -0.4 is 10.6 Å². The van der Waals surface area contributed by atoms with E-state index in [1.807, 2.05) is 19.1 Å². The molecule has 1 rings (SSSR count). The van der Waals surface area contributed by atoms with Gasteiger partial charge in [-0.25, -0.2) is 0 Å². The fourth-order valence-electron chi connectivity index (χ4n) is 1.66. The molecule has 1 aromatic rings. The molecule has 0 saturated heterocycles. The molecule has 5 nitrogen and oxygen atoms in total. The van der Waals surface area contributed by atoms with Gasteiger partial charge in [-0.3, -0.25) is 14.9 Å². The van der Waals surface area contributed by atoms with Crippen LogP contribution in [-0.2, 0) is 9.59 Å². The molecule has 0 radical (unpaired) electrons. The fraction of sp³-hybridized carbons (Fsp3) is 0.385. The molecule has 1 aromatic carbocycles. The number of benzene rings is 1. The van der Waals surface area contributed by atoms with Gasteiger partial charge in [-0.1, -0.05) is 13.3 Å². The van der Waals surface area contributed by atoms with Crippen LogP contribution in [0.15, 0.2) is 12.1 Å². The molecule has 0 aliphatic rings. The van der Waals surface area contributed by atoms with Crippen LogP contribution in [0.5, 0.6) is 0 Å². The Balaban J connectivity index is 2.64. The van der Waals surface area contributed by atoms with Crippen molar-refractivity contribution in [1.29, 1.82) is 0 Å². The summed E-state index contributed by atoms with van der Waals surface area (Å²) in [4.78, 5) is 23.0. The maximum absolute atomic E-state index is 12.0. The Labute approximate surface area is 164 Å². The molecular formula is C13H15I3N2O3. The van der Waals surface area contributed by atoms with Crippen molar-refractivity contribution in [3.63, 3.8) is 0 Å². The van der Waals surface area contributed by atoms with Gasteiger partial charge in [0.05, 0.1) is 12.2 Å². The van der Waals surface area contributed by atoms with E-state index in [1.165, 1.54) is 0 Å². The minimum absolute atomic E-state index is 0.0187. The summed E-state index contributed by atoms with van der Waals surface area (Å²) in [5, 5.41) is 14.6. The second-order valence-corrected chi connectivity index (χ2v) is 7.92. The first-order chi connectivity index (χ1) is 9.85. The van der Waals surface area contributed by atoms with Crippen LogP contribution in [0.2, 0.25) is 0 Å². The summed E-state index contributed by atoms with van der Waals surface area (Å²) in [5.74, 6) is -1.17. The number of aliphatic carboxylic acids is 1. The van der Waals surface area contributed by atoms with E-state index in [0.29, 0.717) is 6.42 Å². The van der Waals surface area contributed by atoms with Gasteiger partial charge in [0.15, 0.2) is 0 Å². The molecule has 1 unspecified atom stereocenters. The smallest absolute Gasteiger partial charge is 0.320 e. The van der Waals surface area contributed by atoms with Crippen LogP contribution in [0.25, 0.3) is 0 Å². The standard InChI is InChI=1S/C13H15I3N2O3/c1-2-3-10(13(20)21)17-6-11(19)18-12-8(15)4-7(14)5-9(12)16/h4-5,10,17H,2-3,6H2,1H3,(H,18,19)(H,20,21). The Hall–Kier alpha value is 0.310. The zero-order chi connectivity index (χ0) is 16.0. The van der Waals surface area contributed by atoms with Crippen molar-refractivity contribution in [2.24, 2.45) is 0 Å². The minimum Gasteiger partial charge on any atom is -0.480 e. The van der Waals surface area contributed by atoms with Gasteiger partial charge in [-0.05, 0) is 86.3 Å². The Morgan fingerprint density at radius 3 is 2.29 bits per heavy atom. The third-order valence-electron chi connectivity index (χ3n) is 2.66. The third kappa shape index (κ3) is 6.52. The van der Waals surface area contributed by atoms with Crippen molar-refractivity contribution >= 4 is 85.3 Å². The maximum Gasteiger partial charge on any atom is 0.320 e. The third-order valence-corrected chi connectivity index (χ3v) is 4.98. The molecule has 0 heterocycles. The quantitative estimate of drug-likeness (QED) is 0.406. The van der Waals surface area contributed by atoms with Crippen LogP contribution in [0.4, 0.5) is 5.69 Å². The highest BCUT2D eigenvalue weighted by atomic mass is 127. The van der Waals surface area contributed by atoms with Crippen molar-refractivity contribution in [3.8, 4) is 0 Å². The van der Waals surface area contributed by atoms with Crippen LogP contribution in [0, 0.1) is 10.7 Å². The molecule has 0 aliphatic carbocycles. The highest BCUT2D eigenvalue weighted by molar-refractivity contribution is 14.1. The van der Waals surface area contributed by atoms with E-state index in [2.05, 4.69) is 78.4 Å². The number of carbonyl (C=O) groups is 2. The first kappa shape index (κ1) is 19.4. The summed E-state index contributed by atoms with van der Waals surface area (Å²) in [6.07, 6.45) is 1.25. The Morgan fingerprint density at radius 1 is 1.24 bits per heavy atom. The fourth-order valence-corrected chi connectivity index (χ4v) is 5.51. The van der Waals surface area contributed by atoms with Crippen molar-refractivity contribution in [1.82, 2.24) is 5.32 Å². The van der Waals surface area contributed by atoms with Gasteiger partial charge in [-0.15, -0.1) is 0 Å². The molecule has 3 N–H and O–H groups in total. The number of anilines is 1. The van der Waals surface area contributed by atoms with Crippen LogP contribution in [-0.4, -0.2) is 29.6 Å². The summed E-state index contributed by atoms with van der Waals surface area (Å²) in [6.45, 7) is 1.89. The van der Waals surface area contributed by atoms with E-state index in [-0.39, 0.29) is 12.5 Å². The number of hydrogen-bond acceptors (Lipinski definition) is 3. The predicted octanol–water partition coefficient (Wildman–Crippen LogP) is 3.28. The number of hydrogen-bond donors (Lipinski definition) is 3. The summed E-state index contributed by atoms with van der Waals surface area (Å²) < 4.78 is 3.02. The Bertz CT molecular complexity index is 514. The zero-order valence-electron chi connectivity index (χ0n) is 11.3. The van der Waals surface area contributed by atoms with E-state index >= 15 is 0 Å². The first-order valence-electron chi connectivity index (χ1n) is 6.25. The largest absolute Gasteiger partial charge is 0.480 e. The van der Waals surface area contributed by atoms with Gasteiger partial charge in [0, 0.05) is 10.7 Å². The van der Waals surface area contributed by atoms with Crippen molar-refractivity contribution < 1.29 is 14.7 Å². The van der Waals surface area contributed by atoms with E-state index in [0.717, 1.165) is 22.8 Å². The molecular weight excluding hydrogens is 613 g/mol. The van der Waals surface area contributed by atoms with E-state index in [9.17, 15) is 9.59 Å². The Kier molecular flexibility index (Phi) is 8.71. The molecule has 8 heteroatoms. The van der Waals surface area contributed by atoms with Gasteiger partial charge in [0.1, 0.15) is 6.04 Å². The van der Waals surface area contributed by atoms with Crippen molar-refractivity contribution in [3.05, 3.63) is 22.8 Å². The molecule has 21 heavy (non-hydrogen) atoms. The average molecular weight is 628 g/mol. The zero-order valence-corrected chi connectivity index (χ0v) is 17.7. The lowest BCUT2D eigenvalue weighted by molar-refractivity contribution is -0.139. The molecule has 0 fully saturated rings. The van der Waals surface area contributed by atoms with Crippen LogP contribution in [0.3, 0.4) is 0 Å². The number of carbonyl (C=O) groups excluding carboxylic acids is 1. The normalized spacial score (nSPS) is 12.0. The van der Waals surface area contributed by atoms with Gasteiger partial charge in [0.25, 0.3) is 0 Å². The number of rotatable bonds is 7. The molecule has 0 aromatic heterocycles. The molecule has 0 saturated carbocycles. The number of halogens is 3. The van der Waals surface area contributed by atoms with Gasteiger partial charge in [-0.2, -0.15) is 0 Å². The second-order valence-electron chi connectivity index (χ2n) is 4.35. The summed E-state index contributed by atoms with van der Waals surface area (Å²) >= 11 is 6.57. The van der Waals surface area contributed by atoms with Crippen molar-refractivity contribution in [2.75, 3.05) is 11.9 Å². The van der Waals surface area contributed by atoms with E-state index in [4.69, 9.17) is 5.11 Å². The van der Waals surface area contributed by atoms with Gasteiger partial charge >= 0.3 is 5.97 Å². The molecule has 116 valence electrons. The number of carboxylic acids is 1. The van der Waals surface area contributed by atoms with Crippen molar-refractivity contribution in [2.45, 2.75) is 25.8 Å². The highest BCUT2D eigenvalue weighted by Crippen LogP contribution is 2.27. The monoisotopic (exact) mass is 628 g/mol. The lowest BCUT2D eigenvalue weighted by atomic mass is 10.2. The molecule has 0 spiro atoms. The summed E-state index contributed by atoms with van der Waals surface area (Å²) in [6, 6.07) is 3.27. The molecule has 1 atom stereocenters.